The van der Waals surface area contributed by atoms with Crippen LogP contribution in [0.15, 0.2) is 34.7 Å². The van der Waals surface area contributed by atoms with Crippen molar-refractivity contribution >= 4 is 11.0 Å². The number of hydrogen-bond acceptors (Lipinski definition) is 2. The van der Waals surface area contributed by atoms with Gasteiger partial charge in [-0.1, -0.05) is 32.0 Å². The van der Waals surface area contributed by atoms with Gasteiger partial charge >= 0.3 is 0 Å². The van der Waals surface area contributed by atoms with Gasteiger partial charge < -0.3 is 10.2 Å². The summed E-state index contributed by atoms with van der Waals surface area (Å²) in [5.74, 6) is 2.17. The molecule has 1 saturated carbocycles. The van der Waals surface area contributed by atoms with E-state index in [0.29, 0.717) is 17.3 Å². The zero-order valence-corrected chi connectivity index (χ0v) is 11.9. The first kappa shape index (κ1) is 12.7. The van der Waals surface area contributed by atoms with Crippen molar-refractivity contribution in [2.45, 2.75) is 39.0 Å². The Morgan fingerprint density at radius 3 is 2.84 bits per heavy atom. The minimum Gasteiger partial charge on any atom is -0.461 e. The van der Waals surface area contributed by atoms with E-state index in [1.54, 1.807) is 0 Å². The summed E-state index contributed by atoms with van der Waals surface area (Å²) in [5, 5.41) is 1.21. The highest BCUT2D eigenvalue weighted by Gasteiger charge is 2.36. The summed E-state index contributed by atoms with van der Waals surface area (Å²) in [4.78, 5) is 0. The number of nitrogens with two attached hydrogens (primary N) is 1. The maximum Gasteiger partial charge on any atom is 0.134 e. The Balaban J connectivity index is 1.97. The minimum absolute atomic E-state index is 0.398. The lowest BCUT2D eigenvalue weighted by molar-refractivity contribution is 0.153. The predicted octanol–water partition coefficient (Wildman–Crippen LogP) is 4.30. The van der Waals surface area contributed by atoms with Gasteiger partial charge in [-0.05, 0) is 49.3 Å². The zero-order chi connectivity index (χ0) is 13.5. The van der Waals surface area contributed by atoms with E-state index >= 15 is 0 Å². The summed E-state index contributed by atoms with van der Waals surface area (Å²) >= 11 is 0. The second kappa shape index (κ2) is 4.68. The highest BCUT2D eigenvalue weighted by Crippen LogP contribution is 2.47. The molecule has 0 spiro atoms. The first-order chi connectivity index (χ1) is 9.09. The maximum atomic E-state index is 6.08. The average molecular weight is 257 g/mol. The number of furan rings is 1. The molecule has 0 bridgehead atoms. The second-order valence-corrected chi connectivity index (χ2v) is 6.70. The quantitative estimate of drug-likeness (QED) is 0.871. The van der Waals surface area contributed by atoms with E-state index in [0.717, 1.165) is 17.9 Å². The van der Waals surface area contributed by atoms with E-state index < -0.39 is 0 Å². The minimum atomic E-state index is 0.398. The lowest BCUT2D eigenvalue weighted by Crippen LogP contribution is -2.32. The molecule has 1 fully saturated rings. The first-order valence-electron chi connectivity index (χ1n) is 7.28. The van der Waals surface area contributed by atoms with Crippen molar-refractivity contribution in [2.24, 2.45) is 17.1 Å². The van der Waals surface area contributed by atoms with Crippen LogP contribution in [0.1, 0.15) is 44.8 Å². The summed E-state index contributed by atoms with van der Waals surface area (Å²) in [6, 6.07) is 10.5. The van der Waals surface area contributed by atoms with Crippen molar-refractivity contribution in [3.63, 3.8) is 0 Å². The fourth-order valence-corrected chi connectivity index (χ4v) is 3.44. The Kier molecular flexibility index (Phi) is 3.14. The number of rotatable bonds is 2. The molecule has 0 amide bonds. The summed E-state index contributed by atoms with van der Waals surface area (Å²) < 4.78 is 6.08. The summed E-state index contributed by atoms with van der Waals surface area (Å²) in [6.45, 7) is 5.47. The van der Waals surface area contributed by atoms with Gasteiger partial charge in [-0.3, -0.25) is 0 Å². The molecular formula is C17H23NO. The molecule has 2 aromatic rings. The Morgan fingerprint density at radius 2 is 2.11 bits per heavy atom. The molecule has 19 heavy (non-hydrogen) atoms. The Labute approximate surface area is 115 Å². The fraction of sp³-hybridized carbons (Fsp3) is 0.529. The third-order valence-electron chi connectivity index (χ3n) is 4.65. The lowest BCUT2D eigenvalue weighted by atomic mass is 9.66. The Bertz CT molecular complexity index is 536. The number of benzene rings is 1. The molecule has 0 saturated heterocycles. The smallest absolute Gasteiger partial charge is 0.134 e. The van der Waals surface area contributed by atoms with Gasteiger partial charge in [0, 0.05) is 11.3 Å². The molecule has 102 valence electrons. The topological polar surface area (TPSA) is 39.2 Å². The highest BCUT2D eigenvalue weighted by molar-refractivity contribution is 5.77. The summed E-state index contributed by atoms with van der Waals surface area (Å²) in [5.41, 5.74) is 7.37. The van der Waals surface area contributed by atoms with Crippen LogP contribution < -0.4 is 5.73 Å². The van der Waals surface area contributed by atoms with Gasteiger partial charge in [-0.25, -0.2) is 0 Å². The van der Waals surface area contributed by atoms with Gasteiger partial charge in [0.15, 0.2) is 0 Å². The van der Waals surface area contributed by atoms with Crippen LogP contribution in [0.5, 0.6) is 0 Å². The molecule has 2 unspecified atom stereocenters. The lowest BCUT2D eigenvalue weighted by Gasteiger charge is -2.39. The van der Waals surface area contributed by atoms with Crippen LogP contribution >= 0.6 is 0 Å². The van der Waals surface area contributed by atoms with Gasteiger partial charge in [0.2, 0.25) is 0 Å². The van der Waals surface area contributed by atoms with Crippen LogP contribution in [0, 0.1) is 11.3 Å². The van der Waals surface area contributed by atoms with E-state index in [1.807, 2.05) is 12.1 Å². The maximum absolute atomic E-state index is 6.08. The molecule has 1 aromatic carbocycles. The largest absolute Gasteiger partial charge is 0.461 e. The Hall–Kier alpha value is -1.28. The number of hydrogen-bond donors (Lipinski definition) is 1. The third kappa shape index (κ3) is 2.42. The zero-order valence-electron chi connectivity index (χ0n) is 11.9. The summed E-state index contributed by atoms with van der Waals surface area (Å²) in [6.07, 6.45) is 3.66. The van der Waals surface area contributed by atoms with E-state index in [9.17, 15) is 0 Å². The number of para-hydroxylation sites is 1. The van der Waals surface area contributed by atoms with Gasteiger partial charge in [0.05, 0.1) is 0 Å². The second-order valence-electron chi connectivity index (χ2n) is 6.70. The van der Waals surface area contributed by atoms with Crippen LogP contribution in [0.3, 0.4) is 0 Å². The molecule has 2 atom stereocenters. The van der Waals surface area contributed by atoms with Gasteiger partial charge in [-0.2, -0.15) is 0 Å². The molecule has 1 aromatic heterocycles. The van der Waals surface area contributed by atoms with Crippen LogP contribution in [0.4, 0.5) is 0 Å². The van der Waals surface area contributed by atoms with Crippen molar-refractivity contribution in [3.05, 3.63) is 36.1 Å². The van der Waals surface area contributed by atoms with Crippen LogP contribution in [-0.2, 0) is 0 Å². The van der Waals surface area contributed by atoms with E-state index in [-0.39, 0.29) is 0 Å². The van der Waals surface area contributed by atoms with Gasteiger partial charge in [0.25, 0.3) is 0 Å². The fourth-order valence-electron chi connectivity index (χ4n) is 3.44. The van der Waals surface area contributed by atoms with Crippen molar-refractivity contribution in [3.8, 4) is 0 Å². The van der Waals surface area contributed by atoms with E-state index in [4.69, 9.17) is 10.2 Å². The summed E-state index contributed by atoms with van der Waals surface area (Å²) in [7, 11) is 0. The molecule has 1 heterocycles. The third-order valence-corrected chi connectivity index (χ3v) is 4.65. The standard InChI is InChI=1S/C17H23NO/c1-17(2)8-7-13(11-18)14(10-17)16-9-12-5-3-4-6-15(12)19-16/h3-6,9,13-14H,7-8,10-11,18H2,1-2H3. The molecular weight excluding hydrogens is 234 g/mol. The first-order valence-corrected chi connectivity index (χ1v) is 7.28. The number of fused-ring (bicyclic) bond motifs is 1. The van der Waals surface area contributed by atoms with Gasteiger partial charge in [0.1, 0.15) is 11.3 Å². The van der Waals surface area contributed by atoms with Crippen molar-refractivity contribution in [1.29, 1.82) is 0 Å². The van der Waals surface area contributed by atoms with E-state index in [1.165, 1.54) is 24.6 Å². The van der Waals surface area contributed by atoms with Crippen LogP contribution in [0.25, 0.3) is 11.0 Å². The molecule has 0 aliphatic heterocycles. The average Bonchev–Trinajstić information content (AvgIpc) is 2.81. The molecule has 0 radical (unpaired) electrons. The van der Waals surface area contributed by atoms with E-state index in [2.05, 4.69) is 32.0 Å². The molecule has 2 nitrogen and oxygen atoms in total. The molecule has 2 heteroatoms. The van der Waals surface area contributed by atoms with Crippen LogP contribution in [-0.4, -0.2) is 6.54 Å². The Morgan fingerprint density at radius 1 is 1.32 bits per heavy atom. The van der Waals surface area contributed by atoms with Gasteiger partial charge in [-0.15, -0.1) is 0 Å². The predicted molar refractivity (Wildman–Crippen MR) is 79.1 cm³/mol. The normalized spacial score (nSPS) is 26.7. The SMILES string of the molecule is CC1(C)CCC(CN)C(c2cc3ccccc3o2)C1. The molecule has 1 aliphatic carbocycles. The van der Waals surface area contributed by atoms with Crippen molar-refractivity contribution in [1.82, 2.24) is 0 Å². The molecule has 1 aliphatic rings. The highest BCUT2D eigenvalue weighted by atomic mass is 16.3. The van der Waals surface area contributed by atoms with Crippen molar-refractivity contribution < 1.29 is 4.42 Å². The molecule has 3 rings (SSSR count). The molecule has 2 N–H and O–H groups in total. The monoisotopic (exact) mass is 257 g/mol. The van der Waals surface area contributed by atoms with Crippen LogP contribution in [0.2, 0.25) is 0 Å². The van der Waals surface area contributed by atoms with Crippen molar-refractivity contribution in [2.75, 3.05) is 6.54 Å².